The van der Waals surface area contributed by atoms with Gasteiger partial charge >= 0.3 is 0 Å². The van der Waals surface area contributed by atoms with E-state index in [1.165, 1.54) is 0 Å². The van der Waals surface area contributed by atoms with Gasteiger partial charge in [0.2, 0.25) is 11.8 Å². The van der Waals surface area contributed by atoms with Crippen LogP contribution in [-0.4, -0.2) is 40.0 Å². The molecule has 2 aromatic rings. The van der Waals surface area contributed by atoms with Crippen molar-refractivity contribution in [2.24, 2.45) is 5.73 Å². The Kier molecular flexibility index (Phi) is 5.32. The van der Waals surface area contributed by atoms with Crippen molar-refractivity contribution in [1.82, 2.24) is 14.9 Å². The van der Waals surface area contributed by atoms with Crippen molar-refractivity contribution in [3.8, 4) is 17.4 Å². The van der Waals surface area contributed by atoms with Gasteiger partial charge in [0.05, 0.1) is 18.7 Å². The van der Waals surface area contributed by atoms with E-state index >= 15 is 0 Å². The summed E-state index contributed by atoms with van der Waals surface area (Å²) in [6, 6.07) is 8.88. The van der Waals surface area contributed by atoms with Gasteiger partial charge in [0.25, 0.3) is 0 Å². The molecule has 1 fully saturated rings. The fraction of sp³-hybridized carbons (Fsp3) is 0.450. The number of hydrogen-bond donors (Lipinski definition) is 1. The lowest BCUT2D eigenvalue weighted by Gasteiger charge is -2.30. The minimum Gasteiger partial charge on any atom is -0.497 e. The Balaban J connectivity index is 1.85. The fourth-order valence-corrected chi connectivity index (χ4v) is 3.18. The molecule has 0 aliphatic carbocycles. The lowest BCUT2D eigenvalue weighted by molar-refractivity contribution is -0.136. The number of ether oxygens (including phenoxy) is 2. The van der Waals surface area contributed by atoms with Crippen molar-refractivity contribution < 1.29 is 14.3 Å². The van der Waals surface area contributed by atoms with Crippen molar-refractivity contribution >= 4 is 5.91 Å². The maximum Gasteiger partial charge on any atom is 0.242 e. The van der Waals surface area contributed by atoms with Crippen LogP contribution in [-0.2, 0) is 4.79 Å². The first-order valence-electron chi connectivity index (χ1n) is 9.05. The zero-order valence-electron chi connectivity index (χ0n) is 16.2. The summed E-state index contributed by atoms with van der Waals surface area (Å²) in [6.45, 7) is 6.00. The van der Waals surface area contributed by atoms with E-state index in [9.17, 15) is 4.79 Å². The topological polar surface area (TPSA) is 90.6 Å². The smallest absolute Gasteiger partial charge is 0.242 e. The maximum atomic E-state index is 12.7. The lowest BCUT2D eigenvalue weighted by Crippen LogP contribution is -2.50. The van der Waals surface area contributed by atoms with Crippen molar-refractivity contribution in [3.63, 3.8) is 0 Å². The Morgan fingerprint density at radius 3 is 2.52 bits per heavy atom. The fourth-order valence-electron chi connectivity index (χ4n) is 3.18. The average molecular weight is 370 g/mol. The molecule has 0 saturated carbocycles. The zero-order valence-corrected chi connectivity index (χ0v) is 16.2. The van der Waals surface area contributed by atoms with E-state index in [-0.39, 0.29) is 11.9 Å². The number of carbonyl (C=O) groups is 1. The molecule has 0 spiro atoms. The highest BCUT2D eigenvalue weighted by Gasteiger charge is 2.37. The van der Waals surface area contributed by atoms with Crippen LogP contribution in [0.25, 0.3) is 0 Å². The van der Waals surface area contributed by atoms with Crippen LogP contribution in [0.1, 0.15) is 44.2 Å². The van der Waals surface area contributed by atoms with Gasteiger partial charge in [-0.25, -0.2) is 4.98 Å². The number of amides is 1. The van der Waals surface area contributed by atoms with Crippen LogP contribution in [0.2, 0.25) is 0 Å². The number of nitrogens with two attached hydrogens (primary N) is 1. The van der Waals surface area contributed by atoms with Gasteiger partial charge in [-0.1, -0.05) is 0 Å². The van der Waals surface area contributed by atoms with Crippen LogP contribution in [0.3, 0.4) is 0 Å². The summed E-state index contributed by atoms with van der Waals surface area (Å²) in [5.74, 6) is 2.36. The second-order valence-corrected chi connectivity index (χ2v) is 7.36. The van der Waals surface area contributed by atoms with Gasteiger partial charge in [0.15, 0.2) is 5.82 Å². The summed E-state index contributed by atoms with van der Waals surface area (Å²) in [6.07, 6.45) is 1.71. The summed E-state index contributed by atoms with van der Waals surface area (Å²) in [7, 11) is 1.62. The molecule has 1 aromatic carbocycles. The predicted molar refractivity (Wildman–Crippen MR) is 102 cm³/mol. The molecular weight excluding hydrogens is 344 g/mol. The number of nitrogens with zero attached hydrogens (tertiary/aromatic N) is 3. The van der Waals surface area contributed by atoms with Crippen LogP contribution in [0, 0.1) is 6.92 Å². The number of rotatable bonds is 5. The van der Waals surface area contributed by atoms with Crippen LogP contribution in [0.15, 0.2) is 30.3 Å². The normalized spacial score (nSPS) is 17.1. The minimum absolute atomic E-state index is 0.0901. The quantitative estimate of drug-likeness (QED) is 0.870. The Bertz CT molecular complexity index is 815. The second-order valence-electron chi connectivity index (χ2n) is 7.36. The monoisotopic (exact) mass is 370 g/mol. The Labute approximate surface area is 159 Å². The molecule has 1 aliphatic rings. The van der Waals surface area contributed by atoms with Crippen LogP contribution >= 0.6 is 0 Å². The van der Waals surface area contributed by atoms with E-state index in [1.807, 2.05) is 31.2 Å². The zero-order chi connectivity index (χ0) is 19.6. The van der Waals surface area contributed by atoms with Crippen molar-refractivity contribution in [2.45, 2.75) is 45.2 Å². The van der Waals surface area contributed by atoms with E-state index in [0.29, 0.717) is 24.0 Å². The number of hydrogen-bond acceptors (Lipinski definition) is 6. The summed E-state index contributed by atoms with van der Waals surface area (Å²) in [4.78, 5) is 23.6. The van der Waals surface area contributed by atoms with E-state index < -0.39 is 5.54 Å². The highest BCUT2D eigenvalue weighted by Crippen LogP contribution is 2.33. The lowest BCUT2D eigenvalue weighted by atomic mass is 10.0. The third-order valence-electron chi connectivity index (χ3n) is 4.49. The second kappa shape index (κ2) is 7.52. The number of aryl methyl sites for hydroxylation is 1. The summed E-state index contributed by atoms with van der Waals surface area (Å²) >= 11 is 0. The van der Waals surface area contributed by atoms with Gasteiger partial charge in [-0.3, -0.25) is 4.79 Å². The summed E-state index contributed by atoms with van der Waals surface area (Å²) in [5, 5.41) is 0. The predicted octanol–water partition coefficient (Wildman–Crippen LogP) is 2.99. The number of benzene rings is 1. The van der Waals surface area contributed by atoms with Crippen LogP contribution in [0.4, 0.5) is 0 Å². The molecule has 2 heterocycles. The highest BCUT2D eigenvalue weighted by molar-refractivity contribution is 5.85. The first-order chi connectivity index (χ1) is 12.8. The molecule has 1 aliphatic heterocycles. The Morgan fingerprint density at radius 2 is 1.89 bits per heavy atom. The van der Waals surface area contributed by atoms with Gasteiger partial charge in [0, 0.05) is 18.3 Å². The van der Waals surface area contributed by atoms with E-state index in [4.69, 9.17) is 15.2 Å². The Morgan fingerprint density at radius 1 is 1.22 bits per heavy atom. The van der Waals surface area contributed by atoms with E-state index in [1.54, 1.807) is 31.9 Å². The molecular formula is C20H26N4O3. The molecule has 3 rings (SSSR count). The maximum absolute atomic E-state index is 12.7. The van der Waals surface area contributed by atoms with Gasteiger partial charge in [-0.05, 0) is 57.9 Å². The van der Waals surface area contributed by atoms with Crippen molar-refractivity contribution in [3.05, 3.63) is 41.9 Å². The largest absolute Gasteiger partial charge is 0.497 e. The first-order valence-corrected chi connectivity index (χ1v) is 9.05. The molecule has 0 bridgehead atoms. The molecule has 0 unspecified atom stereocenters. The van der Waals surface area contributed by atoms with Crippen molar-refractivity contribution in [1.29, 1.82) is 0 Å². The molecule has 2 N–H and O–H groups in total. The third-order valence-corrected chi connectivity index (χ3v) is 4.49. The van der Waals surface area contributed by atoms with Gasteiger partial charge in [0.1, 0.15) is 11.5 Å². The molecule has 1 saturated heterocycles. The molecule has 0 radical (unpaired) electrons. The van der Waals surface area contributed by atoms with E-state index in [2.05, 4.69) is 9.97 Å². The summed E-state index contributed by atoms with van der Waals surface area (Å²) in [5.41, 5.74) is 5.88. The molecule has 7 heteroatoms. The molecule has 1 atom stereocenters. The SMILES string of the molecule is COc1ccc(Oc2cc(C)nc([C@@H]3CCCN3C(=O)C(C)(C)N)n2)cc1. The molecule has 1 amide bonds. The van der Waals surface area contributed by atoms with E-state index in [0.717, 1.165) is 24.3 Å². The van der Waals surface area contributed by atoms with Gasteiger partial charge in [-0.15, -0.1) is 0 Å². The minimum atomic E-state index is -0.922. The number of methoxy groups -OCH3 is 1. The summed E-state index contributed by atoms with van der Waals surface area (Å²) < 4.78 is 11.0. The molecule has 7 nitrogen and oxygen atoms in total. The van der Waals surface area contributed by atoms with Crippen LogP contribution in [0.5, 0.6) is 17.4 Å². The first kappa shape index (κ1) is 19.1. The molecule has 27 heavy (non-hydrogen) atoms. The molecule has 1 aromatic heterocycles. The highest BCUT2D eigenvalue weighted by atomic mass is 16.5. The van der Waals surface area contributed by atoms with Gasteiger partial charge < -0.3 is 20.1 Å². The number of carbonyl (C=O) groups excluding carboxylic acids is 1. The Hall–Kier alpha value is -2.67. The average Bonchev–Trinajstić information content (AvgIpc) is 3.10. The van der Waals surface area contributed by atoms with Crippen LogP contribution < -0.4 is 15.2 Å². The third kappa shape index (κ3) is 4.36. The molecule has 144 valence electrons. The standard InChI is InChI=1S/C20H26N4O3/c1-13-12-17(27-15-9-7-14(26-4)8-10-15)23-18(22-13)16-6-5-11-24(16)19(25)20(2,3)21/h7-10,12,16H,5-6,11,21H2,1-4H3/t16-/m0/s1. The van der Waals surface area contributed by atoms with Gasteiger partial charge in [-0.2, -0.15) is 4.98 Å². The number of likely N-dealkylation sites (tertiary alicyclic amines) is 1. The van der Waals surface area contributed by atoms with Crippen molar-refractivity contribution in [2.75, 3.05) is 13.7 Å². The number of aromatic nitrogens is 2.